The van der Waals surface area contributed by atoms with Gasteiger partial charge in [0.25, 0.3) is 0 Å². The molecule has 2 heteroatoms. The summed E-state index contributed by atoms with van der Waals surface area (Å²) in [6, 6.07) is 8.93. The minimum absolute atomic E-state index is 0.0438. The molecule has 1 aromatic rings. The quantitative estimate of drug-likeness (QED) is 0.794. The Balaban J connectivity index is 1.92. The highest BCUT2D eigenvalue weighted by molar-refractivity contribution is 5.26. The van der Waals surface area contributed by atoms with Gasteiger partial charge in [-0.1, -0.05) is 24.3 Å². The number of hydrogen-bond donors (Lipinski definition) is 2. The van der Waals surface area contributed by atoms with Crippen molar-refractivity contribution in [1.29, 1.82) is 0 Å². The van der Waals surface area contributed by atoms with Crippen LogP contribution < -0.4 is 5.32 Å². The molecule has 0 heterocycles. The van der Waals surface area contributed by atoms with Crippen LogP contribution in [0.25, 0.3) is 0 Å². The van der Waals surface area contributed by atoms with Gasteiger partial charge >= 0.3 is 0 Å². The Morgan fingerprint density at radius 3 is 2.62 bits per heavy atom. The Kier molecular flexibility index (Phi) is 3.31. The molecule has 2 nitrogen and oxygen atoms in total. The van der Waals surface area contributed by atoms with Crippen molar-refractivity contribution in [1.82, 2.24) is 5.32 Å². The number of hydrogen-bond acceptors (Lipinski definition) is 2. The minimum atomic E-state index is 0.0438. The Morgan fingerprint density at radius 1 is 1.38 bits per heavy atom. The summed E-state index contributed by atoms with van der Waals surface area (Å²) in [6.45, 7) is 4.62. The van der Waals surface area contributed by atoms with Crippen molar-refractivity contribution in [3.8, 4) is 0 Å². The molecule has 1 fully saturated rings. The molecule has 0 bridgehead atoms. The maximum atomic E-state index is 9.26. The van der Waals surface area contributed by atoms with E-state index in [1.54, 1.807) is 0 Å². The van der Waals surface area contributed by atoms with Crippen LogP contribution in [0.1, 0.15) is 30.9 Å². The molecule has 2 N–H and O–H groups in total. The van der Waals surface area contributed by atoms with Crippen LogP contribution in [0, 0.1) is 6.92 Å². The highest BCUT2D eigenvalue weighted by Crippen LogP contribution is 2.35. The first-order valence-electron chi connectivity index (χ1n) is 6.08. The summed E-state index contributed by atoms with van der Waals surface area (Å²) in [6.07, 6.45) is 3.26. The number of aliphatic hydroxyl groups is 1. The van der Waals surface area contributed by atoms with E-state index in [9.17, 15) is 5.11 Å². The second-order valence-corrected chi connectivity index (χ2v) is 5.11. The Morgan fingerprint density at radius 2 is 2.06 bits per heavy atom. The summed E-state index contributed by atoms with van der Waals surface area (Å²) in [5, 5.41) is 12.8. The lowest BCUT2D eigenvalue weighted by Crippen LogP contribution is -2.42. The van der Waals surface area contributed by atoms with E-state index < -0.39 is 0 Å². The van der Waals surface area contributed by atoms with Crippen LogP contribution in [0.5, 0.6) is 0 Å². The maximum absolute atomic E-state index is 9.26. The van der Waals surface area contributed by atoms with E-state index in [-0.39, 0.29) is 12.1 Å². The molecule has 0 saturated heterocycles. The summed E-state index contributed by atoms with van der Waals surface area (Å²) < 4.78 is 0. The van der Waals surface area contributed by atoms with Crippen molar-refractivity contribution in [2.75, 3.05) is 6.61 Å². The van der Waals surface area contributed by atoms with Gasteiger partial charge in [0.2, 0.25) is 0 Å². The molecular formula is C14H21NO. The van der Waals surface area contributed by atoms with Crippen LogP contribution in [0.15, 0.2) is 24.3 Å². The van der Waals surface area contributed by atoms with Crippen molar-refractivity contribution < 1.29 is 5.11 Å². The monoisotopic (exact) mass is 219 g/mol. The zero-order valence-electron chi connectivity index (χ0n) is 10.2. The van der Waals surface area contributed by atoms with Gasteiger partial charge in [0, 0.05) is 11.6 Å². The lowest BCUT2D eigenvalue weighted by molar-refractivity contribution is 0.220. The second-order valence-electron chi connectivity index (χ2n) is 5.11. The van der Waals surface area contributed by atoms with Crippen LogP contribution >= 0.6 is 0 Å². The zero-order valence-corrected chi connectivity index (χ0v) is 10.2. The van der Waals surface area contributed by atoms with Gasteiger partial charge in [-0.25, -0.2) is 0 Å². The molecule has 1 aliphatic rings. The molecular weight excluding hydrogens is 198 g/mol. The van der Waals surface area contributed by atoms with Gasteiger partial charge in [-0.15, -0.1) is 0 Å². The topological polar surface area (TPSA) is 32.3 Å². The Bertz CT molecular complexity index is 358. The third-order valence-electron chi connectivity index (χ3n) is 3.50. The first-order valence-corrected chi connectivity index (χ1v) is 6.08. The molecule has 16 heavy (non-hydrogen) atoms. The molecule has 0 aromatic heterocycles. The van der Waals surface area contributed by atoms with E-state index in [1.807, 2.05) is 0 Å². The van der Waals surface area contributed by atoms with Crippen molar-refractivity contribution in [2.24, 2.45) is 0 Å². The van der Waals surface area contributed by atoms with Crippen LogP contribution in [-0.4, -0.2) is 23.3 Å². The second kappa shape index (κ2) is 4.56. The molecule has 0 aliphatic heterocycles. The fourth-order valence-electron chi connectivity index (χ4n) is 2.24. The van der Waals surface area contributed by atoms with Gasteiger partial charge in [0.15, 0.2) is 0 Å². The first-order chi connectivity index (χ1) is 7.65. The highest BCUT2D eigenvalue weighted by Gasteiger charge is 2.42. The van der Waals surface area contributed by atoms with Gasteiger partial charge in [-0.2, -0.15) is 0 Å². The van der Waals surface area contributed by atoms with Gasteiger partial charge in [0.05, 0.1) is 6.61 Å². The average molecular weight is 219 g/mol. The lowest BCUT2D eigenvalue weighted by Gasteiger charge is -2.21. The number of benzene rings is 1. The highest BCUT2D eigenvalue weighted by atomic mass is 16.3. The average Bonchev–Trinajstić information content (AvgIpc) is 3.02. The van der Waals surface area contributed by atoms with E-state index in [0.717, 1.165) is 19.3 Å². The third-order valence-corrected chi connectivity index (χ3v) is 3.50. The fraction of sp³-hybridized carbons (Fsp3) is 0.571. The summed E-state index contributed by atoms with van der Waals surface area (Å²) in [7, 11) is 0. The van der Waals surface area contributed by atoms with E-state index >= 15 is 0 Å². The van der Waals surface area contributed by atoms with Crippen molar-refractivity contribution in [3.05, 3.63) is 35.4 Å². The summed E-state index contributed by atoms with van der Waals surface area (Å²) in [5.74, 6) is 0. The zero-order chi connectivity index (χ0) is 11.6. The molecule has 1 aliphatic carbocycles. The molecule has 88 valence electrons. The van der Waals surface area contributed by atoms with Gasteiger partial charge in [-0.3, -0.25) is 0 Å². The van der Waals surface area contributed by atoms with Gasteiger partial charge in [0.1, 0.15) is 0 Å². The Labute approximate surface area is 97.7 Å². The number of aryl methyl sites for hydroxylation is 1. The van der Waals surface area contributed by atoms with Crippen LogP contribution in [0.2, 0.25) is 0 Å². The van der Waals surface area contributed by atoms with E-state index in [0.29, 0.717) is 6.04 Å². The molecule has 1 saturated carbocycles. The predicted molar refractivity (Wildman–Crippen MR) is 66.5 cm³/mol. The number of aliphatic hydroxyl groups excluding tert-OH is 1. The Hall–Kier alpha value is -0.860. The van der Waals surface area contributed by atoms with Crippen molar-refractivity contribution in [2.45, 2.75) is 44.7 Å². The normalized spacial score (nSPS) is 19.4. The predicted octanol–water partition coefficient (Wildman–Crippen LogP) is 2.04. The lowest BCUT2D eigenvalue weighted by atomic mass is 10.0. The van der Waals surface area contributed by atoms with Gasteiger partial charge in [-0.05, 0) is 44.2 Å². The fourth-order valence-corrected chi connectivity index (χ4v) is 2.24. The van der Waals surface area contributed by atoms with Crippen LogP contribution in [-0.2, 0) is 6.42 Å². The number of rotatable bonds is 5. The summed E-state index contributed by atoms with van der Waals surface area (Å²) in [4.78, 5) is 0. The SMILES string of the molecule is Cc1ccccc1CC(C)NC1(CO)CC1. The maximum Gasteiger partial charge on any atom is 0.0613 e. The summed E-state index contributed by atoms with van der Waals surface area (Å²) >= 11 is 0. The molecule has 1 atom stereocenters. The molecule has 0 radical (unpaired) electrons. The molecule has 2 rings (SSSR count). The van der Waals surface area contributed by atoms with Crippen molar-refractivity contribution >= 4 is 0 Å². The van der Waals surface area contributed by atoms with Crippen molar-refractivity contribution in [3.63, 3.8) is 0 Å². The molecule has 1 aromatic carbocycles. The van der Waals surface area contributed by atoms with E-state index in [1.165, 1.54) is 11.1 Å². The van der Waals surface area contributed by atoms with Crippen LogP contribution in [0.4, 0.5) is 0 Å². The molecule has 0 amide bonds. The largest absolute Gasteiger partial charge is 0.394 e. The smallest absolute Gasteiger partial charge is 0.0613 e. The van der Waals surface area contributed by atoms with E-state index in [4.69, 9.17) is 0 Å². The molecule has 0 spiro atoms. The van der Waals surface area contributed by atoms with Gasteiger partial charge < -0.3 is 10.4 Å². The van der Waals surface area contributed by atoms with Crippen LogP contribution in [0.3, 0.4) is 0 Å². The third kappa shape index (κ3) is 2.63. The standard InChI is InChI=1S/C14H21NO/c1-11-5-3-4-6-13(11)9-12(2)15-14(10-16)7-8-14/h3-6,12,15-16H,7-10H2,1-2H3. The first kappa shape index (κ1) is 11.6. The summed E-state index contributed by atoms with van der Waals surface area (Å²) in [5.41, 5.74) is 2.79. The minimum Gasteiger partial charge on any atom is -0.394 e. The van der Waals surface area contributed by atoms with E-state index in [2.05, 4.69) is 43.4 Å². The molecule has 1 unspecified atom stereocenters. The number of nitrogens with one attached hydrogen (secondary N) is 1.